The van der Waals surface area contributed by atoms with Crippen molar-refractivity contribution in [3.63, 3.8) is 0 Å². The fourth-order valence-corrected chi connectivity index (χ4v) is 3.14. The van der Waals surface area contributed by atoms with Gasteiger partial charge in [0, 0.05) is 17.5 Å². The van der Waals surface area contributed by atoms with Gasteiger partial charge in [-0.3, -0.25) is 9.59 Å². The number of nitrogens with one attached hydrogen (secondary N) is 2. The van der Waals surface area contributed by atoms with Gasteiger partial charge in [0.2, 0.25) is 11.8 Å². The van der Waals surface area contributed by atoms with E-state index in [2.05, 4.69) is 10.6 Å². The molecule has 1 atom stereocenters. The van der Waals surface area contributed by atoms with Gasteiger partial charge in [0.05, 0.1) is 21.5 Å². The number of benzene rings is 2. The molecule has 0 radical (unpaired) electrons. The summed E-state index contributed by atoms with van der Waals surface area (Å²) >= 11 is 7.11. The van der Waals surface area contributed by atoms with Crippen LogP contribution in [0.15, 0.2) is 47.4 Å². The lowest BCUT2D eigenvalue weighted by Gasteiger charge is -2.15. The number of carbonyl (C=O) groups is 2. The van der Waals surface area contributed by atoms with E-state index in [1.807, 2.05) is 0 Å². The maximum absolute atomic E-state index is 12.8. The first-order chi connectivity index (χ1) is 12.6. The molecule has 2 N–H and O–H groups in total. The van der Waals surface area contributed by atoms with Crippen molar-refractivity contribution in [2.45, 2.75) is 30.2 Å². The highest BCUT2D eigenvalue weighted by Crippen LogP contribution is 2.34. The monoisotopic (exact) mass is 416 g/mol. The minimum atomic E-state index is -4.53. The van der Waals surface area contributed by atoms with Crippen LogP contribution in [0.25, 0.3) is 0 Å². The summed E-state index contributed by atoms with van der Waals surface area (Å²) in [5.41, 5.74) is -0.360. The largest absolute Gasteiger partial charge is 0.416 e. The minimum Gasteiger partial charge on any atom is -0.326 e. The Morgan fingerprint density at radius 3 is 2.26 bits per heavy atom. The number of rotatable bonds is 5. The SMILES string of the molecule is CC(=O)Nc1ccc(S[C@H](C)C(=O)Nc2cc(C(F)(F)F)ccc2Cl)cc1. The average Bonchev–Trinajstić information content (AvgIpc) is 2.57. The number of amides is 2. The lowest BCUT2D eigenvalue weighted by atomic mass is 10.2. The Morgan fingerprint density at radius 1 is 1.07 bits per heavy atom. The van der Waals surface area contributed by atoms with Crippen LogP contribution in [-0.2, 0) is 15.8 Å². The first kappa shape index (κ1) is 21.1. The molecule has 0 aromatic heterocycles. The van der Waals surface area contributed by atoms with E-state index in [1.54, 1.807) is 31.2 Å². The third kappa shape index (κ3) is 6.18. The minimum absolute atomic E-state index is 0.0215. The van der Waals surface area contributed by atoms with E-state index in [1.165, 1.54) is 18.7 Å². The second kappa shape index (κ2) is 8.67. The van der Waals surface area contributed by atoms with Crippen LogP contribution in [0.5, 0.6) is 0 Å². The summed E-state index contributed by atoms with van der Waals surface area (Å²) in [6.45, 7) is 3.03. The van der Waals surface area contributed by atoms with E-state index in [9.17, 15) is 22.8 Å². The molecule has 2 rings (SSSR count). The first-order valence-corrected chi connectivity index (χ1v) is 9.04. The first-order valence-electron chi connectivity index (χ1n) is 7.78. The Bertz CT molecular complexity index is 841. The molecule has 0 fully saturated rings. The molecule has 144 valence electrons. The molecule has 2 aromatic carbocycles. The molecular formula is C18H16ClF3N2O2S. The standard InChI is InChI=1S/C18H16ClF3N2O2S/c1-10(27-14-6-4-13(5-7-14)23-11(2)25)17(26)24-16-9-12(18(20,21)22)3-8-15(16)19/h3-10H,1-2H3,(H,23,25)(H,24,26)/t10-/m1/s1. The molecule has 0 bridgehead atoms. The predicted molar refractivity (Wildman–Crippen MR) is 101 cm³/mol. The van der Waals surface area contributed by atoms with Crippen molar-refractivity contribution in [3.8, 4) is 0 Å². The predicted octanol–water partition coefficient (Wildman–Crippen LogP) is 5.44. The molecular weight excluding hydrogens is 401 g/mol. The van der Waals surface area contributed by atoms with Crippen molar-refractivity contribution in [2.75, 3.05) is 10.6 Å². The molecule has 4 nitrogen and oxygen atoms in total. The van der Waals surface area contributed by atoms with E-state index >= 15 is 0 Å². The zero-order chi connectivity index (χ0) is 20.2. The number of alkyl halides is 3. The summed E-state index contributed by atoms with van der Waals surface area (Å²) in [6, 6.07) is 9.61. The fraction of sp³-hybridized carbons (Fsp3) is 0.222. The van der Waals surface area contributed by atoms with Crippen LogP contribution >= 0.6 is 23.4 Å². The summed E-state index contributed by atoms with van der Waals surface area (Å²) in [6.07, 6.45) is -4.53. The third-order valence-electron chi connectivity index (χ3n) is 3.41. The average molecular weight is 417 g/mol. The van der Waals surface area contributed by atoms with E-state index in [0.717, 1.165) is 23.1 Å². The van der Waals surface area contributed by atoms with Crippen LogP contribution in [0.2, 0.25) is 5.02 Å². The van der Waals surface area contributed by atoms with Crippen LogP contribution in [0, 0.1) is 0 Å². The lowest BCUT2D eigenvalue weighted by molar-refractivity contribution is -0.137. The van der Waals surface area contributed by atoms with Crippen LogP contribution in [-0.4, -0.2) is 17.1 Å². The van der Waals surface area contributed by atoms with Gasteiger partial charge in [-0.1, -0.05) is 11.6 Å². The third-order valence-corrected chi connectivity index (χ3v) is 4.85. The normalized spacial score (nSPS) is 12.4. The Hall–Kier alpha value is -2.19. The highest BCUT2D eigenvalue weighted by atomic mass is 35.5. The van der Waals surface area contributed by atoms with Crippen LogP contribution in [0.4, 0.5) is 24.5 Å². The Labute approximate surface area is 163 Å². The van der Waals surface area contributed by atoms with Gasteiger partial charge in [-0.05, 0) is 49.4 Å². The van der Waals surface area contributed by atoms with Crippen LogP contribution in [0.1, 0.15) is 19.4 Å². The van der Waals surface area contributed by atoms with Gasteiger partial charge >= 0.3 is 6.18 Å². The topological polar surface area (TPSA) is 58.2 Å². The highest BCUT2D eigenvalue weighted by Gasteiger charge is 2.31. The van der Waals surface area contributed by atoms with Gasteiger partial charge in [-0.25, -0.2) is 0 Å². The van der Waals surface area contributed by atoms with Crippen molar-refractivity contribution in [1.82, 2.24) is 0 Å². The maximum atomic E-state index is 12.8. The highest BCUT2D eigenvalue weighted by molar-refractivity contribution is 8.00. The van der Waals surface area contributed by atoms with Gasteiger partial charge < -0.3 is 10.6 Å². The summed E-state index contributed by atoms with van der Waals surface area (Å²) < 4.78 is 38.4. The van der Waals surface area contributed by atoms with Gasteiger partial charge in [0.1, 0.15) is 0 Å². The fourth-order valence-electron chi connectivity index (χ4n) is 2.11. The number of hydrogen-bond acceptors (Lipinski definition) is 3. The van der Waals surface area contributed by atoms with E-state index in [4.69, 9.17) is 11.6 Å². The molecule has 0 unspecified atom stereocenters. The molecule has 2 amide bonds. The number of halogens is 4. The molecule has 2 aromatic rings. The lowest BCUT2D eigenvalue weighted by Crippen LogP contribution is -2.22. The second-order valence-electron chi connectivity index (χ2n) is 5.65. The van der Waals surface area contributed by atoms with Gasteiger partial charge in [-0.2, -0.15) is 13.2 Å². The van der Waals surface area contributed by atoms with Crippen molar-refractivity contribution in [2.24, 2.45) is 0 Å². The van der Waals surface area contributed by atoms with Crippen LogP contribution < -0.4 is 10.6 Å². The smallest absolute Gasteiger partial charge is 0.326 e. The molecule has 0 spiro atoms. The maximum Gasteiger partial charge on any atom is 0.416 e. The Kier molecular flexibility index (Phi) is 6.78. The molecule has 0 saturated heterocycles. The molecule has 0 aliphatic heterocycles. The van der Waals surface area contributed by atoms with Crippen molar-refractivity contribution < 1.29 is 22.8 Å². The van der Waals surface area contributed by atoms with Gasteiger partial charge in [0.25, 0.3) is 0 Å². The molecule has 0 aliphatic rings. The van der Waals surface area contributed by atoms with Crippen LogP contribution in [0.3, 0.4) is 0 Å². The summed E-state index contributed by atoms with van der Waals surface area (Å²) in [7, 11) is 0. The summed E-state index contributed by atoms with van der Waals surface area (Å²) in [5.74, 6) is -0.673. The molecule has 27 heavy (non-hydrogen) atoms. The number of thioether (sulfide) groups is 1. The number of anilines is 2. The van der Waals surface area contributed by atoms with Crippen molar-refractivity contribution in [1.29, 1.82) is 0 Å². The van der Waals surface area contributed by atoms with Crippen molar-refractivity contribution >= 4 is 46.6 Å². The Balaban J connectivity index is 2.04. The van der Waals surface area contributed by atoms with E-state index in [-0.39, 0.29) is 16.6 Å². The van der Waals surface area contributed by atoms with Crippen molar-refractivity contribution in [3.05, 3.63) is 53.1 Å². The van der Waals surface area contributed by atoms with E-state index in [0.29, 0.717) is 5.69 Å². The molecule has 0 saturated carbocycles. The molecule has 0 heterocycles. The summed E-state index contributed by atoms with van der Waals surface area (Å²) in [5, 5.41) is 4.50. The molecule has 0 aliphatic carbocycles. The second-order valence-corrected chi connectivity index (χ2v) is 7.47. The summed E-state index contributed by atoms with van der Waals surface area (Å²) in [4.78, 5) is 24.1. The number of hydrogen-bond donors (Lipinski definition) is 2. The zero-order valence-electron chi connectivity index (χ0n) is 14.4. The van der Waals surface area contributed by atoms with Gasteiger partial charge in [-0.15, -0.1) is 11.8 Å². The molecule has 9 heteroatoms. The Morgan fingerprint density at radius 2 is 1.70 bits per heavy atom. The quantitative estimate of drug-likeness (QED) is 0.638. The van der Waals surface area contributed by atoms with E-state index < -0.39 is 22.9 Å². The zero-order valence-corrected chi connectivity index (χ0v) is 15.9. The van der Waals surface area contributed by atoms with Gasteiger partial charge in [0.15, 0.2) is 0 Å². The number of carbonyl (C=O) groups excluding carboxylic acids is 2.